The zero-order chi connectivity index (χ0) is 12.6. The van der Waals surface area contributed by atoms with Gasteiger partial charge in [-0.2, -0.15) is 0 Å². The van der Waals surface area contributed by atoms with Crippen LogP contribution in [-0.4, -0.2) is 16.1 Å². The number of carbonyl (C=O) groups is 1. The lowest BCUT2D eigenvalue weighted by Gasteiger charge is -2.07. The maximum Gasteiger partial charge on any atom is 0.307 e. The van der Waals surface area contributed by atoms with Crippen LogP contribution in [0.5, 0.6) is 0 Å². The van der Waals surface area contributed by atoms with Crippen LogP contribution >= 0.6 is 23.2 Å². The first-order valence-electron chi connectivity index (χ1n) is 4.95. The molecule has 0 radical (unpaired) electrons. The number of rotatable bonds is 2. The van der Waals surface area contributed by atoms with Gasteiger partial charge in [0, 0.05) is 16.0 Å². The molecule has 0 spiro atoms. The van der Waals surface area contributed by atoms with E-state index < -0.39 is 5.97 Å². The normalized spacial score (nSPS) is 10.8. The fraction of sp³-hybridized carbons (Fsp3) is 0.167. The summed E-state index contributed by atoms with van der Waals surface area (Å²) in [5.74, 6) is -0.932. The number of aromatic nitrogens is 1. The van der Waals surface area contributed by atoms with Crippen molar-refractivity contribution in [2.24, 2.45) is 0 Å². The summed E-state index contributed by atoms with van der Waals surface area (Å²) in [6.07, 6.45) is -0.135. The first-order chi connectivity index (χ1) is 7.99. The maximum atomic E-state index is 10.7. The van der Waals surface area contributed by atoms with Crippen molar-refractivity contribution in [1.29, 1.82) is 0 Å². The van der Waals surface area contributed by atoms with E-state index >= 15 is 0 Å². The molecule has 0 aliphatic rings. The second-order valence-corrected chi connectivity index (χ2v) is 4.52. The van der Waals surface area contributed by atoms with Gasteiger partial charge in [-0.25, -0.2) is 4.98 Å². The molecule has 0 saturated carbocycles. The molecule has 0 aliphatic heterocycles. The molecule has 0 atom stereocenters. The topological polar surface area (TPSA) is 50.2 Å². The van der Waals surface area contributed by atoms with Crippen molar-refractivity contribution >= 4 is 40.1 Å². The van der Waals surface area contributed by atoms with Gasteiger partial charge in [0.05, 0.1) is 11.9 Å². The number of nitrogens with zero attached hydrogens (tertiary/aromatic N) is 1. The van der Waals surface area contributed by atoms with E-state index in [1.54, 1.807) is 18.2 Å². The second kappa shape index (κ2) is 4.51. The average molecular weight is 270 g/mol. The fourth-order valence-corrected chi connectivity index (χ4v) is 2.02. The quantitative estimate of drug-likeness (QED) is 0.850. The smallest absolute Gasteiger partial charge is 0.307 e. The largest absolute Gasteiger partial charge is 0.481 e. The molecule has 2 aromatic rings. The molecule has 1 aromatic carbocycles. The maximum absolute atomic E-state index is 10.7. The summed E-state index contributed by atoms with van der Waals surface area (Å²) in [6.45, 7) is 1.85. The number of hydrogen-bond acceptors (Lipinski definition) is 2. The Kier molecular flexibility index (Phi) is 3.22. The number of aliphatic carboxylic acids is 1. The molecule has 3 nitrogen and oxygen atoms in total. The third-order valence-electron chi connectivity index (χ3n) is 2.54. The van der Waals surface area contributed by atoms with Crippen LogP contribution in [-0.2, 0) is 11.2 Å². The van der Waals surface area contributed by atoms with E-state index in [0.717, 1.165) is 10.9 Å². The molecule has 0 bridgehead atoms. The van der Waals surface area contributed by atoms with Crippen molar-refractivity contribution < 1.29 is 9.90 Å². The van der Waals surface area contributed by atoms with E-state index in [-0.39, 0.29) is 11.6 Å². The van der Waals surface area contributed by atoms with Crippen LogP contribution in [0.3, 0.4) is 0 Å². The Bertz CT molecular complexity index is 611. The summed E-state index contributed by atoms with van der Waals surface area (Å²) < 4.78 is 0. The van der Waals surface area contributed by atoms with Crippen molar-refractivity contribution in [3.05, 3.63) is 39.5 Å². The number of aryl methyl sites for hydroxylation is 1. The number of fused-ring (bicyclic) bond motifs is 1. The summed E-state index contributed by atoms with van der Waals surface area (Å²) in [5.41, 5.74) is 2.05. The second-order valence-electron chi connectivity index (χ2n) is 3.75. The van der Waals surface area contributed by atoms with Gasteiger partial charge in [0.15, 0.2) is 0 Å². The van der Waals surface area contributed by atoms with E-state index in [1.807, 2.05) is 6.92 Å². The number of halogens is 2. The van der Waals surface area contributed by atoms with Crippen LogP contribution in [0.4, 0.5) is 0 Å². The highest BCUT2D eigenvalue weighted by molar-refractivity contribution is 6.33. The van der Waals surface area contributed by atoms with Gasteiger partial charge in [-0.1, -0.05) is 29.3 Å². The predicted molar refractivity (Wildman–Crippen MR) is 67.8 cm³/mol. The number of hydrogen-bond donors (Lipinski definition) is 1. The van der Waals surface area contributed by atoms with Crippen molar-refractivity contribution in [3.8, 4) is 0 Å². The molecule has 17 heavy (non-hydrogen) atoms. The van der Waals surface area contributed by atoms with Gasteiger partial charge in [0.2, 0.25) is 0 Å². The van der Waals surface area contributed by atoms with E-state index in [2.05, 4.69) is 4.98 Å². The van der Waals surface area contributed by atoms with E-state index in [1.165, 1.54) is 0 Å². The lowest BCUT2D eigenvalue weighted by atomic mass is 10.1. The molecule has 1 aromatic heterocycles. The highest BCUT2D eigenvalue weighted by Gasteiger charge is 2.11. The molecule has 0 unspecified atom stereocenters. The van der Waals surface area contributed by atoms with Crippen LogP contribution in [0.25, 0.3) is 10.9 Å². The Morgan fingerprint density at radius 1 is 1.41 bits per heavy atom. The minimum absolute atomic E-state index is 0.135. The molecular formula is C12H9Cl2NO2. The molecule has 1 N–H and O–H groups in total. The summed E-state index contributed by atoms with van der Waals surface area (Å²) >= 11 is 11.9. The average Bonchev–Trinajstić information content (AvgIpc) is 2.25. The Morgan fingerprint density at radius 2 is 2.12 bits per heavy atom. The fourth-order valence-electron chi connectivity index (χ4n) is 1.67. The molecule has 0 aliphatic carbocycles. The Labute approximate surface area is 108 Å². The van der Waals surface area contributed by atoms with Crippen LogP contribution in [0.15, 0.2) is 18.2 Å². The molecule has 1 heterocycles. The van der Waals surface area contributed by atoms with Gasteiger partial charge in [-0.15, -0.1) is 0 Å². The minimum Gasteiger partial charge on any atom is -0.481 e. The Hall–Kier alpha value is -1.32. The molecule has 0 fully saturated rings. The van der Waals surface area contributed by atoms with Gasteiger partial charge in [-0.3, -0.25) is 4.79 Å². The van der Waals surface area contributed by atoms with Crippen LogP contribution in [0, 0.1) is 6.92 Å². The van der Waals surface area contributed by atoms with Crippen molar-refractivity contribution in [1.82, 2.24) is 4.98 Å². The van der Waals surface area contributed by atoms with Crippen LogP contribution in [0.2, 0.25) is 10.2 Å². The molecule has 88 valence electrons. The van der Waals surface area contributed by atoms with Gasteiger partial charge in [-0.05, 0) is 24.6 Å². The lowest BCUT2D eigenvalue weighted by molar-refractivity contribution is -0.136. The third-order valence-corrected chi connectivity index (χ3v) is 3.28. The molecule has 0 saturated heterocycles. The van der Waals surface area contributed by atoms with Gasteiger partial charge < -0.3 is 5.11 Å². The highest BCUT2D eigenvalue weighted by atomic mass is 35.5. The van der Waals surface area contributed by atoms with E-state index in [4.69, 9.17) is 28.3 Å². The van der Waals surface area contributed by atoms with Crippen molar-refractivity contribution in [3.63, 3.8) is 0 Å². The van der Waals surface area contributed by atoms with Crippen molar-refractivity contribution in [2.75, 3.05) is 0 Å². The van der Waals surface area contributed by atoms with Gasteiger partial charge >= 0.3 is 5.97 Å². The number of pyridine rings is 1. The summed E-state index contributed by atoms with van der Waals surface area (Å²) in [4.78, 5) is 14.9. The van der Waals surface area contributed by atoms with Crippen LogP contribution in [0.1, 0.15) is 11.1 Å². The Balaban J connectivity index is 2.66. The SMILES string of the molecule is Cc1c(Cl)ccc2cc(CC(=O)O)c(Cl)nc12. The number of carboxylic acids is 1. The third kappa shape index (κ3) is 2.35. The monoisotopic (exact) mass is 269 g/mol. The zero-order valence-electron chi connectivity index (χ0n) is 9.00. The molecule has 0 amide bonds. The minimum atomic E-state index is -0.932. The molecular weight excluding hydrogens is 261 g/mol. The van der Waals surface area contributed by atoms with Crippen molar-refractivity contribution in [2.45, 2.75) is 13.3 Å². The summed E-state index contributed by atoms with van der Waals surface area (Å²) in [7, 11) is 0. The predicted octanol–water partition coefficient (Wildman–Crippen LogP) is 3.48. The molecule has 5 heteroatoms. The zero-order valence-corrected chi connectivity index (χ0v) is 10.5. The number of carboxylic acid groups (broad SMARTS) is 1. The van der Waals surface area contributed by atoms with E-state index in [0.29, 0.717) is 16.1 Å². The number of benzene rings is 1. The van der Waals surface area contributed by atoms with Gasteiger partial charge in [0.1, 0.15) is 5.15 Å². The van der Waals surface area contributed by atoms with E-state index in [9.17, 15) is 4.79 Å². The highest BCUT2D eigenvalue weighted by Crippen LogP contribution is 2.27. The standard InChI is InChI=1S/C12H9Cl2NO2/c1-6-9(13)3-2-7-4-8(5-10(16)17)12(14)15-11(6)7/h2-4H,5H2,1H3,(H,16,17). The lowest BCUT2D eigenvalue weighted by Crippen LogP contribution is -2.02. The van der Waals surface area contributed by atoms with Gasteiger partial charge in [0.25, 0.3) is 0 Å². The first kappa shape index (κ1) is 12.1. The summed E-state index contributed by atoms with van der Waals surface area (Å²) in [6, 6.07) is 5.31. The first-order valence-corrected chi connectivity index (χ1v) is 5.70. The summed E-state index contributed by atoms with van der Waals surface area (Å²) in [5, 5.41) is 10.4. The van der Waals surface area contributed by atoms with Crippen LogP contribution < -0.4 is 0 Å². The molecule has 2 rings (SSSR count). The Morgan fingerprint density at radius 3 is 2.76 bits per heavy atom.